The molecule has 1 saturated carbocycles. The summed E-state index contributed by atoms with van der Waals surface area (Å²) in [6.07, 6.45) is 2.81. The highest BCUT2D eigenvalue weighted by molar-refractivity contribution is 7.91. The van der Waals surface area contributed by atoms with Crippen LogP contribution < -0.4 is 0 Å². The quantitative estimate of drug-likeness (QED) is 0.714. The monoisotopic (exact) mass is 349 g/mol. The van der Waals surface area contributed by atoms with Crippen LogP contribution in [0.25, 0.3) is 0 Å². The summed E-state index contributed by atoms with van der Waals surface area (Å²) in [6.45, 7) is 0.201. The molecule has 0 atom stereocenters. The SMILES string of the molecule is CS(=O)(=O)CCCS(=O)(=O)N(Cc1ccc(F)cc1)C1CC1. The molecule has 0 amide bonds. The smallest absolute Gasteiger partial charge is 0.214 e. The molecule has 0 aromatic heterocycles. The fraction of sp³-hybridized carbons (Fsp3) is 0.571. The van der Waals surface area contributed by atoms with Crippen molar-refractivity contribution in [2.75, 3.05) is 17.8 Å². The summed E-state index contributed by atoms with van der Waals surface area (Å²) in [5, 5.41) is 0. The van der Waals surface area contributed by atoms with Crippen molar-refractivity contribution in [3.63, 3.8) is 0 Å². The van der Waals surface area contributed by atoms with Crippen LogP contribution in [0, 0.1) is 5.82 Å². The largest absolute Gasteiger partial charge is 0.229 e. The van der Waals surface area contributed by atoms with Crippen molar-refractivity contribution in [2.24, 2.45) is 0 Å². The van der Waals surface area contributed by atoms with Crippen LogP contribution in [0.1, 0.15) is 24.8 Å². The van der Waals surface area contributed by atoms with Gasteiger partial charge in [-0.1, -0.05) is 12.1 Å². The van der Waals surface area contributed by atoms with Gasteiger partial charge in [-0.2, -0.15) is 4.31 Å². The molecule has 0 heterocycles. The summed E-state index contributed by atoms with van der Waals surface area (Å²) < 4.78 is 61.4. The Morgan fingerprint density at radius 3 is 2.18 bits per heavy atom. The lowest BCUT2D eigenvalue weighted by Gasteiger charge is -2.22. The predicted octanol–water partition coefficient (Wildman–Crippen LogP) is 1.55. The number of benzene rings is 1. The Morgan fingerprint density at radius 1 is 1.09 bits per heavy atom. The molecule has 0 N–H and O–H groups in total. The average Bonchev–Trinajstić information content (AvgIpc) is 3.20. The van der Waals surface area contributed by atoms with E-state index < -0.39 is 19.9 Å². The topological polar surface area (TPSA) is 71.5 Å². The van der Waals surface area contributed by atoms with E-state index >= 15 is 0 Å². The molecule has 124 valence electrons. The Balaban J connectivity index is 2.04. The molecule has 1 aliphatic carbocycles. The summed E-state index contributed by atoms with van der Waals surface area (Å²) in [5.41, 5.74) is 0.722. The van der Waals surface area contributed by atoms with E-state index in [1.807, 2.05) is 0 Å². The van der Waals surface area contributed by atoms with Gasteiger partial charge < -0.3 is 0 Å². The zero-order valence-electron chi connectivity index (χ0n) is 12.4. The van der Waals surface area contributed by atoms with Crippen LogP contribution in [0.3, 0.4) is 0 Å². The van der Waals surface area contributed by atoms with Crippen LogP contribution in [0.15, 0.2) is 24.3 Å². The van der Waals surface area contributed by atoms with E-state index in [9.17, 15) is 21.2 Å². The third kappa shape index (κ3) is 5.33. The first-order valence-electron chi connectivity index (χ1n) is 7.09. The number of hydrogen-bond acceptors (Lipinski definition) is 4. The Labute approximate surface area is 131 Å². The summed E-state index contributed by atoms with van der Waals surface area (Å²) >= 11 is 0. The minimum absolute atomic E-state index is 0.0201. The second-order valence-corrected chi connectivity index (χ2v) is 10.0. The van der Waals surface area contributed by atoms with Gasteiger partial charge in [0.25, 0.3) is 0 Å². The third-order valence-electron chi connectivity index (χ3n) is 3.48. The lowest BCUT2D eigenvalue weighted by Crippen LogP contribution is -2.35. The zero-order chi connectivity index (χ0) is 16.4. The molecular formula is C14H20FNO4S2. The molecule has 0 bridgehead atoms. The van der Waals surface area contributed by atoms with Crippen molar-refractivity contribution < 1.29 is 21.2 Å². The molecule has 1 fully saturated rings. The van der Waals surface area contributed by atoms with Crippen LogP contribution in [0.4, 0.5) is 4.39 Å². The maximum absolute atomic E-state index is 12.9. The highest BCUT2D eigenvalue weighted by Gasteiger charge is 2.36. The fourth-order valence-corrected chi connectivity index (χ4v) is 4.81. The van der Waals surface area contributed by atoms with Crippen molar-refractivity contribution in [2.45, 2.75) is 31.8 Å². The zero-order valence-corrected chi connectivity index (χ0v) is 14.0. The van der Waals surface area contributed by atoms with Crippen LogP contribution in [-0.2, 0) is 26.4 Å². The van der Waals surface area contributed by atoms with Crippen molar-refractivity contribution in [1.29, 1.82) is 0 Å². The molecule has 0 radical (unpaired) electrons. The van der Waals surface area contributed by atoms with Gasteiger partial charge in [0, 0.05) is 18.8 Å². The number of sulfonamides is 1. The van der Waals surface area contributed by atoms with Gasteiger partial charge in [0.1, 0.15) is 15.7 Å². The van der Waals surface area contributed by atoms with Crippen LogP contribution in [0.5, 0.6) is 0 Å². The lowest BCUT2D eigenvalue weighted by molar-refractivity contribution is 0.398. The Bertz CT molecular complexity index is 710. The van der Waals surface area contributed by atoms with Crippen molar-refractivity contribution in [3.05, 3.63) is 35.6 Å². The van der Waals surface area contributed by atoms with Crippen molar-refractivity contribution >= 4 is 19.9 Å². The lowest BCUT2D eigenvalue weighted by atomic mass is 10.2. The predicted molar refractivity (Wildman–Crippen MR) is 83.1 cm³/mol. The normalized spacial score (nSPS) is 16.1. The summed E-state index contributed by atoms with van der Waals surface area (Å²) in [6, 6.07) is 5.72. The third-order valence-corrected chi connectivity index (χ3v) is 6.46. The highest BCUT2D eigenvalue weighted by Crippen LogP contribution is 2.31. The van der Waals surface area contributed by atoms with Gasteiger partial charge >= 0.3 is 0 Å². The number of rotatable bonds is 8. The van der Waals surface area contributed by atoms with E-state index in [-0.39, 0.29) is 36.3 Å². The minimum atomic E-state index is -3.51. The number of hydrogen-bond donors (Lipinski definition) is 0. The van der Waals surface area contributed by atoms with E-state index in [0.717, 1.165) is 24.7 Å². The van der Waals surface area contributed by atoms with E-state index in [2.05, 4.69) is 0 Å². The number of nitrogens with zero attached hydrogens (tertiary/aromatic N) is 1. The van der Waals surface area contributed by atoms with Gasteiger partial charge in [-0.05, 0) is 37.0 Å². The van der Waals surface area contributed by atoms with Gasteiger partial charge in [0.05, 0.1) is 11.5 Å². The minimum Gasteiger partial charge on any atom is -0.229 e. The molecular weight excluding hydrogens is 329 g/mol. The molecule has 8 heteroatoms. The van der Waals surface area contributed by atoms with Crippen LogP contribution >= 0.6 is 0 Å². The second kappa shape index (κ2) is 6.64. The molecule has 1 aromatic carbocycles. The molecule has 0 saturated heterocycles. The average molecular weight is 349 g/mol. The summed E-state index contributed by atoms with van der Waals surface area (Å²) in [4.78, 5) is 0. The maximum atomic E-state index is 12.9. The van der Waals surface area contributed by atoms with Crippen molar-refractivity contribution in [3.8, 4) is 0 Å². The molecule has 5 nitrogen and oxygen atoms in total. The molecule has 1 aliphatic rings. The Kier molecular flexibility index (Phi) is 5.24. The summed E-state index contributed by atoms with van der Waals surface area (Å²) in [7, 11) is -6.68. The van der Waals surface area contributed by atoms with E-state index in [0.29, 0.717) is 0 Å². The molecule has 0 unspecified atom stereocenters. The molecule has 2 rings (SSSR count). The first kappa shape index (κ1) is 17.4. The van der Waals surface area contributed by atoms with E-state index in [4.69, 9.17) is 0 Å². The van der Waals surface area contributed by atoms with E-state index in [1.54, 1.807) is 12.1 Å². The van der Waals surface area contributed by atoms with Gasteiger partial charge in [0.15, 0.2) is 0 Å². The second-order valence-electron chi connectivity index (χ2n) is 5.70. The fourth-order valence-electron chi connectivity index (χ4n) is 2.21. The maximum Gasteiger partial charge on any atom is 0.214 e. The van der Waals surface area contributed by atoms with Gasteiger partial charge in [-0.15, -0.1) is 0 Å². The van der Waals surface area contributed by atoms with Crippen LogP contribution in [-0.4, -0.2) is 44.9 Å². The van der Waals surface area contributed by atoms with Gasteiger partial charge in [0.2, 0.25) is 10.0 Å². The molecule has 0 spiro atoms. The molecule has 22 heavy (non-hydrogen) atoms. The first-order chi connectivity index (χ1) is 10.2. The standard InChI is InChI=1S/C14H20FNO4S2/c1-21(17,18)9-2-10-22(19,20)16(14-7-8-14)11-12-3-5-13(15)6-4-12/h3-6,14H,2,7-11H2,1H3. The molecule has 0 aliphatic heterocycles. The highest BCUT2D eigenvalue weighted by atomic mass is 32.2. The Morgan fingerprint density at radius 2 is 1.68 bits per heavy atom. The summed E-state index contributed by atoms with van der Waals surface area (Å²) in [5.74, 6) is -0.684. The number of halogens is 1. The van der Waals surface area contributed by atoms with Crippen LogP contribution in [0.2, 0.25) is 0 Å². The van der Waals surface area contributed by atoms with Gasteiger partial charge in [-0.25, -0.2) is 21.2 Å². The van der Waals surface area contributed by atoms with Gasteiger partial charge in [-0.3, -0.25) is 0 Å². The number of sulfone groups is 1. The van der Waals surface area contributed by atoms with Crippen molar-refractivity contribution in [1.82, 2.24) is 4.31 Å². The molecule has 1 aromatic rings. The Hall–Kier alpha value is -0.990. The van der Waals surface area contributed by atoms with E-state index in [1.165, 1.54) is 16.4 Å². The first-order valence-corrected chi connectivity index (χ1v) is 10.8.